The zero-order valence-electron chi connectivity index (χ0n) is 13.3. The number of rotatable bonds is 2. The number of benzene rings is 1. The van der Waals surface area contributed by atoms with Gasteiger partial charge in [-0.05, 0) is 31.0 Å². The van der Waals surface area contributed by atoms with Gasteiger partial charge in [0.2, 0.25) is 0 Å². The van der Waals surface area contributed by atoms with E-state index in [1.165, 1.54) is 24.0 Å². The van der Waals surface area contributed by atoms with Gasteiger partial charge in [-0.1, -0.05) is 30.6 Å². The van der Waals surface area contributed by atoms with E-state index in [4.69, 9.17) is 0 Å². The Morgan fingerprint density at radius 3 is 2.61 bits per heavy atom. The molecule has 0 saturated heterocycles. The highest BCUT2D eigenvalue weighted by atomic mass is 32.2. The van der Waals surface area contributed by atoms with Gasteiger partial charge in [-0.15, -0.1) is 0 Å². The molecule has 124 valence electrons. The fourth-order valence-electron chi connectivity index (χ4n) is 2.99. The molecule has 0 bridgehead atoms. The lowest BCUT2D eigenvalue weighted by Gasteiger charge is -2.17. The summed E-state index contributed by atoms with van der Waals surface area (Å²) in [5.74, 6) is -0.00395. The Morgan fingerprint density at radius 2 is 1.96 bits per heavy atom. The molecule has 0 aliphatic heterocycles. The molecule has 3 rings (SSSR count). The van der Waals surface area contributed by atoms with Crippen molar-refractivity contribution in [2.45, 2.75) is 37.0 Å². The first-order chi connectivity index (χ1) is 10.9. The number of aryl methyl sites for hydroxylation is 1. The van der Waals surface area contributed by atoms with Crippen LogP contribution in [0.15, 0.2) is 28.1 Å². The molecule has 23 heavy (non-hydrogen) atoms. The molecule has 1 aliphatic carbocycles. The highest BCUT2D eigenvalue weighted by Gasteiger charge is 2.21. The SMILES string of the molecule is Cn1c(=NC(=O)C2CCCCC2)sc2cc(S(C)(=O)=O)ccc21. The number of carbonyl (C=O) groups is 1. The maximum absolute atomic E-state index is 12.4. The van der Waals surface area contributed by atoms with E-state index in [1.807, 2.05) is 11.6 Å². The first-order valence-corrected chi connectivity index (χ1v) is 10.5. The van der Waals surface area contributed by atoms with Crippen LogP contribution in [0.5, 0.6) is 0 Å². The fraction of sp³-hybridized carbons (Fsp3) is 0.500. The van der Waals surface area contributed by atoms with Crippen molar-refractivity contribution in [3.63, 3.8) is 0 Å². The molecular formula is C16H20N2O3S2. The molecule has 5 nitrogen and oxygen atoms in total. The largest absolute Gasteiger partial charge is 0.319 e. The summed E-state index contributed by atoms with van der Waals surface area (Å²) in [5, 5.41) is 0. The molecule has 0 unspecified atom stereocenters. The van der Waals surface area contributed by atoms with E-state index in [-0.39, 0.29) is 16.7 Å². The molecule has 1 heterocycles. The first kappa shape index (κ1) is 16.4. The van der Waals surface area contributed by atoms with Crippen LogP contribution in [0.25, 0.3) is 10.2 Å². The van der Waals surface area contributed by atoms with Crippen molar-refractivity contribution in [1.82, 2.24) is 4.57 Å². The van der Waals surface area contributed by atoms with Crippen molar-refractivity contribution in [2.75, 3.05) is 6.26 Å². The summed E-state index contributed by atoms with van der Waals surface area (Å²) in [6, 6.07) is 5.02. The quantitative estimate of drug-likeness (QED) is 0.834. The zero-order valence-corrected chi connectivity index (χ0v) is 14.9. The standard InChI is InChI=1S/C16H20N2O3S2/c1-18-13-9-8-12(23(2,20)21)10-14(13)22-16(18)17-15(19)11-6-4-3-5-7-11/h8-11H,3-7H2,1-2H3. The Labute approximate surface area is 139 Å². The Hall–Kier alpha value is -1.47. The van der Waals surface area contributed by atoms with Crippen molar-refractivity contribution in [3.8, 4) is 0 Å². The normalized spacial score (nSPS) is 17.7. The van der Waals surface area contributed by atoms with Crippen LogP contribution >= 0.6 is 11.3 Å². The van der Waals surface area contributed by atoms with E-state index in [0.717, 1.165) is 35.9 Å². The van der Waals surface area contributed by atoms with Gasteiger partial charge in [0.05, 0.1) is 15.1 Å². The summed E-state index contributed by atoms with van der Waals surface area (Å²) in [4.78, 5) is 17.6. The lowest BCUT2D eigenvalue weighted by atomic mass is 9.89. The van der Waals surface area contributed by atoms with Crippen LogP contribution < -0.4 is 4.80 Å². The van der Waals surface area contributed by atoms with Crippen molar-refractivity contribution >= 4 is 37.3 Å². The molecule has 0 radical (unpaired) electrons. The van der Waals surface area contributed by atoms with Gasteiger partial charge >= 0.3 is 0 Å². The maximum atomic E-state index is 12.4. The summed E-state index contributed by atoms with van der Waals surface area (Å²) in [5.41, 5.74) is 0.887. The van der Waals surface area contributed by atoms with Gasteiger partial charge in [0.25, 0.3) is 5.91 Å². The Bertz CT molecular complexity index is 916. The van der Waals surface area contributed by atoms with Crippen LogP contribution in [0.4, 0.5) is 0 Å². The molecule has 1 fully saturated rings. The molecule has 2 aromatic rings. The van der Waals surface area contributed by atoms with E-state index in [2.05, 4.69) is 4.99 Å². The molecule has 1 saturated carbocycles. The van der Waals surface area contributed by atoms with Crippen LogP contribution in [-0.4, -0.2) is 25.1 Å². The Balaban J connectivity index is 2.02. The van der Waals surface area contributed by atoms with Crippen LogP contribution in [0.2, 0.25) is 0 Å². The molecule has 0 atom stereocenters. The third-order valence-electron chi connectivity index (χ3n) is 4.37. The van der Waals surface area contributed by atoms with E-state index in [0.29, 0.717) is 4.80 Å². The number of hydrogen-bond donors (Lipinski definition) is 0. The molecule has 0 spiro atoms. The minimum Gasteiger partial charge on any atom is -0.319 e. The molecule has 1 aliphatic rings. The molecule has 0 N–H and O–H groups in total. The number of sulfone groups is 1. The number of amides is 1. The van der Waals surface area contributed by atoms with Gasteiger partial charge in [-0.2, -0.15) is 4.99 Å². The van der Waals surface area contributed by atoms with Crippen molar-refractivity contribution in [3.05, 3.63) is 23.0 Å². The minimum absolute atomic E-state index is 0.0422. The van der Waals surface area contributed by atoms with Gasteiger partial charge in [-0.25, -0.2) is 8.42 Å². The van der Waals surface area contributed by atoms with E-state index >= 15 is 0 Å². The topological polar surface area (TPSA) is 68.5 Å². The summed E-state index contributed by atoms with van der Waals surface area (Å²) in [6.07, 6.45) is 6.45. The highest BCUT2D eigenvalue weighted by Crippen LogP contribution is 2.25. The lowest BCUT2D eigenvalue weighted by molar-refractivity contribution is -0.122. The number of thiazole rings is 1. The maximum Gasteiger partial charge on any atom is 0.251 e. The summed E-state index contributed by atoms with van der Waals surface area (Å²) in [7, 11) is -1.39. The molecule has 7 heteroatoms. The van der Waals surface area contributed by atoms with E-state index < -0.39 is 9.84 Å². The average Bonchev–Trinajstić information content (AvgIpc) is 2.83. The minimum atomic E-state index is -3.24. The molecule has 1 aromatic heterocycles. The number of nitrogens with zero attached hydrogens (tertiary/aromatic N) is 2. The van der Waals surface area contributed by atoms with E-state index in [1.54, 1.807) is 18.2 Å². The second-order valence-corrected chi connectivity index (χ2v) is 9.16. The van der Waals surface area contributed by atoms with Crippen LogP contribution in [0.1, 0.15) is 32.1 Å². The van der Waals surface area contributed by atoms with Gasteiger partial charge in [0.1, 0.15) is 0 Å². The first-order valence-electron chi connectivity index (χ1n) is 7.74. The molecule has 1 aromatic carbocycles. The van der Waals surface area contributed by atoms with Gasteiger partial charge in [0.15, 0.2) is 14.6 Å². The van der Waals surface area contributed by atoms with Crippen molar-refractivity contribution in [2.24, 2.45) is 18.0 Å². The third kappa shape index (κ3) is 3.40. The Kier molecular flexibility index (Phi) is 4.42. The van der Waals surface area contributed by atoms with Gasteiger partial charge in [-0.3, -0.25) is 4.79 Å². The zero-order chi connectivity index (χ0) is 16.6. The predicted octanol–water partition coefficient (Wildman–Crippen LogP) is 2.65. The highest BCUT2D eigenvalue weighted by molar-refractivity contribution is 7.90. The third-order valence-corrected chi connectivity index (χ3v) is 6.57. The fourth-order valence-corrected chi connectivity index (χ4v) is 4.77. The summed E-state index contributed by atoms with van der Waals surface area (Å²) < 4.78 is 26.0. The van der Waals surface area contributed by atoms with Crippen LogP contribution in [0.3, 0.4) is 0 Å². The lowest BCUT2D eigenvalue weighted by Crippen LogP contribution is -2.20. The second kappa shape index (κ2) is 6.20. The second-order valence-electron chi connectivity index (χ2n) is 6.13. The Morgan fingerprint density at radius 1 is 1.26 bits per heavy atom. The average molecular weight is 352 g/mol. The number of aromatic nitrogens is 1. The predicted molar refractivity (Wildman–Crippen MR) is 91.1 cm³/mol. The number of hydrogen-bond acceptors (Lipinski definition) is 4. The molecular weight excluding hydrogens is 332 g/mol. The van der Waals surface area contributed by atoms with Gasteiger partial charge in [0, 0.05) is 19.2 Å². The van der Waals surface area contributed by atoms with Crippen LogP contribution in [-0.2, 0) is 21.7 Å². The number of carbonyl (C=O) groups excluding carboxylic acids is 1. The van der Waals surface area contributed by atoms with Crippen molar-refractivity contribution < 1.29 is 13.2 Å². The summed E-state index contributed by atoms with van der Waals surface area (Å²) in [6.45, 7) is 0. The van der Waals surface area contributed by atoms with Gasteiger partial charge < -0.3 is 4.57 Å². The monoisotopic (exact) mass is 352 g/mol. The van der Waals surface area contributed by atoms with Crippen molar-refractivity contribution in [1.29, 1.82) is 0 Å². The summed E-state index contributed by atoms with van der Waals surface area (Å²) >= 11 is 1.36. The van der Waals surface area contributed by atoms with E-state index in [9.17, 15) is 13.2 Å². The van der Waals surface area contributed by atoms with Crippen LogP contribution in [0, 0.1) is 5.92 Å². The number of fused-ring (bicyclic) bond motifs is 1. The molecule has 1 amide bonds. The smallest absolute Gasteiger partial charge is 0.251 e.